The van der Waals surface area contributed by atoms with E-state index >= 15 is 0 Å². The molecule has 2 aliphatic rings. The molecule has 0 bridgehead atoms. The van der Waals surface area contributed by atoms with Crippen molar-refractivity contribution in [2.24, 2.45) is 11.3 Å². The molecule has 0 aromatic heterocycles. The van der Waals surface area contributed by atoms with E-state index in [2.05, 4.69) is 11.9 Å². The Morgan fingerprint density at radius 2 is 1.84 bits per heavy atom. The molecule has 242 valence electrons. The van der Waals surface area contributed by atoms with E-state index in [0.717, 1.165) is 11.6 Å². The third-order valence-corrected chi connectivity index (χ3v) is 9.02. The van der Waals surface area contributed by atoms with Crippen LogP contribution in [0.1, 0.15) is 68.4 Å². The van der Waals surface area contributed by atoms with Crippen LogP contribution in [0.3, 0.4) is 0 Å². The molecule has 1 unspecified atom stereocenters. The zero-order valence-corrected chi connectivity index (χ0v) is 26.0. The van der Waals surface area contributed by atoms with Crippen LogP contribution >= 0.6 is 0 Å². The molecule has 9 atom stereocenters. The molecule has 0 saturated carbocycles. The van der Waals surface area contributed by atoms with Crippen molar-refractivity contribution in [3.05, 3.63) is 34.9 Å². The van der Waals surface area contributed by atoms with E-state index in [-0.39, 0.29) is 42.7 Å². The summed E-state index contributed by atoms with van der Waals surface area (Å²) in [6.45, 7) is 12.6. The number of phenols is 2. The summed E-state index contributed by atoms with van der Waals surface area (Å²) in [5.74, 6) is -2.57. The molecule has 43 heavy (non-hydrogen) atoms. The van der Waals surface area contributed by atoms with Gasteiger partial charge in [0.15, 0.2) is 12.3 Å². The Hall–Kier alpha value is -2.74. The number of phenolic OH excluding ortho intramolecular Hbond substituents is 2. The number of fused-ring (bicyclic) bond motifs is 1. The topological polar surface area (TPSA) is 184 Å². The molecule has 1 fully saturated rings. The normalized spacial score (nSPS) is 26.8. The number of nitrogens with one attached hydrogen (secondary N) is 1. The third kappa shape index (κ3) is 7.50. The van der Waals surface area contributed by atoms with E-state index in [4.69, 9.17) is 18.9 Å². The second-order valence-electron chi connectivity index (χ2n) is 12.5. The first-order valence-electron chi connectivity index (χ1n) is 14.5. The lowest BCUT2D eigenvalue weighted by Gasteiger charge is -2.48. The van der Waals surface area contributed by atoms with Gasteiger partial charge in [-0.05, 0) is 31.4 Å². The van der Waals surface area contributed by atoms with Crippen LogP contribution in [-0.2, 0) is 30.2 Å². The first-order valence-corrected chi connectivity index (χ1v) is 14.5. The number of cyclic esters (lactones) is 1. The molecule has 0 radical (unpaired) electrons. The summed E-state index contributed by atoms with van der Waals surface area (Å²) < 4.78 is 22.7. The predicted molar refractivity (Wildman–Crippen MR) is 155 cm³/mol. The highest BCUT2D eigenvalue weighted by Gasteiger charge is 2.48. The number of rotatable bonds is 12. The lowest BCUT2D eigenvalue weighted by molar-refractivity contribution is -0.217. The second-order valence-corrected chi connectivity index (χ2v) is 12.5. The maximum Gasteiger partial charge on any atom is 0.342 e. The van der Waals surface area contributed by atoms with Crippen LogP contribution in [0.25, 0.3) is 0 Å². The Kier molecular flexibility index (Phi) is 11.2. The highest BCUT2D eigenvalue weighted by atomic mass is 16.6. The number of aliphatic hydroxyl groups excluding tert-OH is 3. The number of ether oxygens (including phenoxy) is 4. The summed E-state index contributed by atoms with van der Waals surface area (Å²) in [5, 5.41) is 56.0. The summed E-state index contributed by atoms with van der Waals surface area (Å²) in [5.41, 5.74) is 0.851. The Labute approximate surface area is 252 Å². The minimum absolute atomic E-state index is 0.00479. The van der Waals surface area contributed by atoms with Gasteiger partial charge in [0.2, 0.25) is 0 Å². The van der Waals surface area contributed by atoms with Gasteiger partial charge in [0.05, 0.1) is 24.4 Å². The smallest absolute Gasteiger partial charge is 0.342 e. The van der Waals surface area contributed by atoms with Crippen molar-refractivity contribution in [1.82, 2.24) is 5.32 Å². The van der Waals surface area contributed by atoms with Gasteiger partial charge in [0, 0.05) is 50.9 Å². The standard InChI is InChI=1S/C31H47NO11/c1-14(2)9-22(40-7)27(37)28(38)32-29(41-8)23-13-24(36)31(5,6)25(42-23)12-19(34)16(4)21-10-17-15(3)18(33)11-20(35)26(17)30(39)43-21/h11,16,19,21-25,27,29,33-37H,1,9-10,12-13H2,2-8H3,(H,32,38)/t16-,19+,21+,22+,23?,24-,25-,27+,29+/m1/s1. The van der Waals surface area contributed by atoms with E-state index < -0.39 is 72.2 Å². The fourth-order valence-electron chi connectivity index (χ4n) is 5.80. The van der Waals surface area contributed by atoms with Gasteiger partial charge < -0.3 is 49.8 Å². The van der Waals surface area contributed by atoms with Crippen molar-refractivity contribution in [1.29, 1.82) is 0 Å². The van der Waals surface area contributed by atoms with E-state index in [1.54, 1.807) is 20.8 Å². The van der Waals surface area contributed by atoms with Crippen LogP contribution < -0.4 is 5.32 Å². The average molecular weight is 610 g/mol. The van der Waals surface area contributed by atoms with Gasteiger partial charge in [-0.1, -0.05) is 26.3 Å². The minimum Gasteiger partial charge on any atom is -0.508 e. The maximum atomic E-state index is 12.9. The van der Waals surface area contributed by atoms with Crippen molar-refractivity contribution >= 4 is 11.9 Å². The molecule has 2 aliphatic heterocycles. The molecule has 6 N–H and O–H groups in total. The summed E-state index contributed by atoms with van der Waals surface area (Å²) >= 11 is 0. The van der Waals surface area contributed by atoms with Crippen molar-refractivity contribution in [3.63, 3.8) is 0 Å². The molecular formula is C31H47NO11. The van der Waals surface area contributed by atoms with Crippen LogP contribution in [0.4, 0.5) is 0 Å². The fourth-order valence-corrected chi connectivity index (χ4v) is 5.80. The molecule has 12 nitrogen and oxygen atoms in total. The zero-order valence-electron chi connectivity index (χ0n) is 26.0. The zero-order chi connectivity index (χ0) is 32.4. The van der Waals surface area contributed by atoms with Crippen LogP contribution in [0.15, 0.2) is 18.2 Å². The predicted octanol–water partition coefficient (Wildman–Crippen LogP) is 1.85. The number of carbonyl (C=O) groups is 2. The molecule has 2 heterocycles. The van der Waals surface area contributed by atoms with Gasteiger partial charge in [-0.2, -0.15) is 0 Å². The summed E-state index contributed by atoms with van der Waals surface area (Å²) in [4.78, 5) is 25.6. The Morgan fingerprint density at radius 3 is 2.42 bits per heavy atom. The van der Waals surface area contributed by atoms with Gasteiger partial charge in [-0.25, -0.2) is 4.79 Å². The maximum absolute atomic E-state index is 12.9. The molecule has 12 heteroatoms. The van der Waals surface area contributed by atoms with E-state index in [9.17, 15) is 35.1 Å². The number of benzene rings is 1. The molecule has 1 saturated heterocycles. The lowest BCUT2D eigenvalue weighted by Crippen LogP contribution is -2.59. The Bertz CT molecular complexity index is 1180. The first kappa shape index (κ1) is 34.7. The molecule has 1 aromatic carbocycles. The van der Waals surface area contributed by atoms with Crippen LogP contribution in [0.2, 0.25) is 0 Å². The SMILES string of the molecule is C=C(C)C[C@H](OC)[C@H](O)C(=O)N[C@@H](OC)C1C[C@@H](O)C(C)(C)[C@@H](C[C@H](O)[C@@H](C)[C@@H]2Cc3c(C)c(O)cc(O)c3C(=O)O2)O1. The van der Waals surface area contributed by atoms with E-state index in [1.165, 1.54) is 14.2 Å². The number of aromatic hydroxyl groups is 2. The number of carbonyl (C=O) groups excluding carboxylic acids is 2. The number of aliphatic hydroxyl groups is 3. The third-order valence-electron chi connectivity index (χ3n) is 9.02. The largest absolute Gasteiger partial charge is 0.508 e. The highest BCUT2D eigenvalue weighted by Crippen LogP contribution is 2.42. The number of amides is 1. The van der Waals surface area contributed by atoms with Gasteiger partial charge in [0.1, 0.15) is 29.3 Å². The average Bonchev–Trinajstić information content (AvgIpc) is 2.94. The Balaban J connectivity index is 1.73. The van der Waals surface area contributed by atoms with Gasteiger partial charge in [-0.3, -0.25) is 4.79 Å². The lowest BCUT2D eigenvalue weighted by atomic mass is 9.73. The number of hydrogen-bond donors (Lipinski definition) is 6. The van der Waals surface area contributed by atoms with Crippen molar-refractivity contribution in [2.75, 3.05) is 14.2 Å². The van der Waals surface area contributed by atoms with Crippen molar-refractivity contribution in [2.45, 2.75) is 109 Å². The second kappa shape index (κ2) is 13.9. The van der Waals surface area contributed by atoms with Crippen LogP contribution in [-0.4, -0.2) is 101 Å². The molecule has 3 rings (SSSR count). The van der Waals surface area contributed by atoms with E-state index in [1.807, 2.05) is 13.8 Å². The summed E-state index contributed by atoms with van der Waals surface area (Å²) in [7, 11) is 2.76. The summed E-state index contributed by atoms with van der Waals surface area (Å²) in [6.07, 6.45) is -6.89. The monoisotopic (exact) mass is 609 g/mol. The van der Waals surface area contributed by atoms with E-state index in [0.29, 0.717) is 11.1 Å². The summed E-state index contributed by atoms with van der Waals surface area (Å²) in [6, 6.07) is 1.10. The molecule has 1 aromatic rings. The van der Waals surface area contributed by atoms with Gasteiger partial charge in [0.25, 0.3) is 5.91 Å². The molecule has 0 spiro atoms. The van der Waals surface area contributed by atoms with Crippen LogP contribution in [0, 0.1) is 18.3 Å². The minimum atomic E-state index is -1.50. The van der Waals surface area contributed by atoms with Crippen LogP contribution in [0.5, 0.6) is 11.5 Å². The Morgan fingerprint density at radius 1 is 1.19 bits per heavy atom. The quantitative estimate of drug-likeness (QED) is 0.115. The number of methoxy groups -OCH3 is 2. The first-order chi connectivity index (χ1) is 20.0. The number of esters is 1. The van der Waals surface area contributed by atoms with Crippen molar-refractivity contribution < 1.29 is 54.1 Å². The molecular weight excluding hydrogens is 562 g/mol. The fraction of sp³-hybridized carbons (Fsp3) is 0.677. The molecule has 1 amide bonds. The highest BCUT2D eigenvalue weighted by molar-refractivity contribution is 5.96. The molecule has 0 aliphatic carbocycles. The van der Waals surface area contributed by atoms with Gasteiger partial charge in [-0.15, -0.1) is 6.58 Å². The van der Waals surface area contributed by atoms with Crippen molar-refractivity contribution in [3.8, 4) is 11.5 Å². The van der Waals surface area contributed by atoms with Gasteiger partial charge >= 0.3 is 5.97 Å². The number of hydrogen-bond acceptors (Lipinski definition) is 11.